The zero-order valence-corrected chi connectivity index (χ0v) is 23.2. The number of aromatic nitrogens is 1. The van der Waals surface area contributed by atoms with E-state index in [0.717, 1.165) is 16.2 Å². The topological polar surface area (TPSA) is 73.8 Å². The molecule has 2 heterocycles. The number of sulfonamides is 1. The van der Waals surface area contributed by atoms with Gasteiger partial charge in [-0.2, -0.15) is 4.31 Å². The molecule has 1 saturated heterocycles. The van der Waals surface area contributed by atoms with E-state index in [1.165, 1.54) is 26.0 Å². The fourth-order valence-corrected chi connectivity index (χ4v) is 7.20. The van der Waals surface area contributed by atoms with Gasteiger partial charge in [0.2, 0.25) is 10.0 Å². The molecule has 7 nitrogen and oxygen atoms in total. The molecule has 0 N–H and O–H groups in total. The summed E-state index contributed by atoms with van der Waals surface area (Å²) >= 11 is 3.38. The molecule has 0 atom stereocenters. The Labute approximate surface area is 225 Å². The van der Waals surface area contributed by atoms with Crippen LogP contribution in [0.25, 0.3) is 10.2 Å². The number of carbonyl (C=O) groups is 1. The number of amides is 1. The summed E-state index contributed by atoms with van der Waals surface area (Å²) in [6.45, 7) is 2.86. The summed E-state index contributed by atoms with van der Waals surface area (Å²) in [5.41, 5.74) is 2.44. The number of rotatable bonds is 7. The number of anilines is 1. The molecular formula is C27H28N4O3S3. The number of thiazole rings is 1. The Bertz CT molecular complexity index is 1500. The molecule has 37 heavy (non-hydrogen) atoms. The minimum atomic E-state index is -3.66. The van der Waals surface area contributed by atoms with Crippen LogP contribution < -0.4 is 4.90 Å². The molecule has 3 aromatic carbocycles. The number of carbonyl (C=O) groups excluding carboxylic acids is 1. The van der Waals surface area contributed by atoms with E-state index in [-0.39, 0.29) is 17.3 Å². The van der Waals surface area contributed by atoms with Gasteiger partial charge < -0.3 is 9.80 Å². The highest BCUT2D eigenvalue weighted by molar-refractivity contribution is 7.98. The second kappa shape index (κ2) is 10.8. The lowest BCUT2D eigenvalue weighted by atomic mass is 10.2. The third-order valence-electron chi connectivity index (χ3n) is 6.49. The van der Waals surface area contributed by atoms with Gasteiger partial charge in [-0.05, 0) is 48.2 Å². The van der Waals surface area contributed by atoms with Gasteiger partial charge in [-0.3, -0.25) is 4.79 Å². The molecule has 1 fully saturated rings. The summed E-state index contributed by atoms with van der Waals surface area (Å²) in [4.78, 5) is 23.4. The van der Waals surface area contributed by atoms with E-state index in [1.807, 2.05) is 35.2 Å². The monoisotopic (exact) mass is 552 g/mol. The Morgan fingerprint density at radius 2 is 1.68 bits per heavy atom. The first kappa shape index (κ1) is 25.7. The maximum Gasteiger partial charge on any atom is 0.253 e. The van der Waals surface area contributed by atoms with Gasteiger partial charge in [-0.1, -0.05) is 47.7 Å². The van der Waals surface area contributed by atoms with Crippen molar-refractivity contribution in [2.24, 2.45) is 0 Å². The third-order valence-corrected chi connectivity index (χ3v) is 10.2. The normalized spacial score (nSPS) is 14.5. The van der Waals surface area contributed by atoms with Crippen LogP contribution >= 0.6 is 23.1 Å². The predicted molar refractivity (Wildman–Crippen MR) is 151 cm³/mol. The van der Waals surface area contributed by atoms with Crippen molar-refractivity contribution in [1.82, 2.24) is 14.2 Å². The predicted octanol–water partition coefficient (Wildman–Crippen LogP) is 4.80. The van der Waals surface area contributed by atoms with Crippen LogP contribution in [0.3, 0.4) is 0 Å². The van der Waals surface area contributed by atoms with Gasteiger partial charge in [0.05, 0.1) is 15.1 Å². The quantitative estimate of drug-likeness (QED) is 0.307. The van der Waals surface area contributed by atoms with Crippen LogP contribution in [0.2, 0.25) is 0 Å². The smallest absolute Gasteiger partial charge is 0.253 e. The highest BCUT2D eigenvalue weighted by Gasteiger charge is 2.26. The van der Waals surface area contributed by atoms with E-state index in [2.05, 4.69) is 29.4 Å². The van der Waals surface area contributed by atoms with Crippen molar-refractivity contribution in [3.63, 3.8) is 0 Å². The van der Waals surface area contributed by atoms with E-state index in [9.17, 15) is 13.2 Å². The second-order valence-corrected chi connectivity index (χ2v) is 12.8. The first-order chi connectivity index (χ1) is 17.9. The molecule has 1 aliphatic rings. The highest BCUT2D eigenvalue weighted by atomic mass is 32.2. The molecule has 4 aromatic rings. The van der Waals surface area contributed by atoms with Crippen molar-refractivity contribution in [1.29, 1.82) is 0 Å². The largest absolute Gasteiger partial charge is 0.345 e. The summed E-state index contributed by atoms with van der Waals surface area (Å²) in [6, 6.07) is 22.0. The van der Waals surface area contributed by atoms with Gasteiger partial charge in [0.15, 0.2) is 5.13 Å². The molecule has 1 amide bonds. The zero-order valence-electron chi connectivity index (χ0n) is 20.7. The minimum Gasteiger partial charge on any atom is -0.345 e. The van der Waals surface area contributed by atoms with Crippen molar-refractivity contribution in [2.45, 2.75) is 16.3 Å². The maximum absolute atomic E-state index is 13.1. The molecule has 5 rings (SSSR count). The van der Waals surface area contributed by atoms with Crippen LogP contribution in [0.5, 0.6) is 0 Å². The molecule has 1 aliphatic heterocycles. The molecule has 0 unspecified atom stereocenters. The molecule has 10 heteroatoms. The SMILES string of the molecule is CSc1cccc2sc(N3CCN(C(=O)c4ccc(S(=O)(=O)N(C)Cc5ccccc5)cc4)CC3)nc12. The number of hydrogen-bond acceptors (Lipinski definition) is 7. The van der Waals surface area contributed by atoms with Crippen molar-refractivity contribution in [2.75, 3.05) is 44.4 Å². The van der Waals surface area contributed by atoms with E-state index in [4.69, 9.17) is 4.98 Å². The lowest BCUT2D eigenvalue weighted by Gasteiger charge is -2.34. The molecule has 0 aliphatic carbocycles. The zero-order chi connectivity index (χ0) is 26.0. The Morgan fingerprint density at radius 1 is 0.973 bits per heavy atom. The number of hydrogen-bond donors (Lipinski definition) is 0. The van der Waals surface area contributed by atoms with Crippen LogP contribution in [-0.4, -0.2) is 68.0 Å². The van der Waals surface area contributed by atoms with Crippen LogP contribution in [-0.2, 0) is 16.6 Å². The molecule has 192 valence electrons. The molecule has 0 saturated carbocycles. The van der Waals surface area contributed by atoms with Crippen LogP contribution in [0.15, 0.2) is 82.6 Å². The van der Waals surface area contributed by atoms with E-state index in [0.29, 0.717) is 31.7 Å². The molecule has 1 aromatic heterocycles. The summed E-state index contributed by atoms with van der Waals surface area (Å²) in [6.07, 6.45) is 2.06. The lowest BCUT2D eigenvalue weighted by molar-refractivity contribution is 0.0746. The first-order valence-electron chi connectivity index (χ1n) is 11.9. The summed E-state index contributed by atoms with van der Waals surface area (Å²) < 4.78 is 28.5. The minimum absolute atomic E-state index is 0.0878. The van der Waals surface area contributed by atoms with Gasteiger partial charge in [-0.25, -0.2) is 13.4 Å². The van der Waals surface area contributed by atoms with Gasteiger partial charge in [0.1, 0.15) is 0 Å². The lowest BCUT2D eigenvalue weighted by Crippen LogP contribution is -2.48. The standard InChI is InChI=1S/C27H28N4O3S3/c1-29(19-20-7-4-3-5-8-20)37(33,34)22-13-11-21(12-14-22)26(32)30-15-17-31(18-16-30)27-28-25-23(35-2)9-6-10-24(25)36-27/h3-14H,15-19H2,1-2H3. The average molecular weight is 553 g/mol. The van der Waals surface area contributed by atoms with E-state index >= 15 is 0 Å². The maximum atomic E-state index is 13.1. The van der Waals surface area contributed by atoms with Gasteiger partial charge in [0, 0.05) is 50.2 Å². The number of piperazine rings is 1. The number of fused-ring (bicyclic) bond motifs is 1. The molecule has 0 bridgehead atoms. The van der Waals surface area contributed by atoms with Gasteiger partial charge in [-0.15, -0.1) is 11.8 Å². The average Bonchev–Trinajstić information content (AvgIpc) is 3.38. The number of thioether (sulfide) groups is 1. The van der Waals surface area contributed by atoms with Crippen molar-refractivity contribution in [3.8, 4) is 0 Å². The Morgan fingerprint density at radius 3 is 2.35 bits per heavy atom. The number of nitrogens with zero attached hydrogens (tertiary/aromatic N) is 4. The third kappa shape index (κ3) is 5.38. The van der Waals surface area contributed by atoms with Crippen molar-refractivity contribution in [3.05, 3.63) is 83.9 Å². The number of benzene rings is 3. The summed E-state index contributed by atoms with van der Waals surface area (Å²) in [7, 11) is -2.10. The second-order valence-electron chi connectivity index (χ2n) is 8.85. The Balaban J connectivity index is 1.22. The number of para-hydroxylation sites is 1. The fraction of sp³-hybridized carbons (Fsp3) is 0.259. The van der Waals surface area contributed by atoms with Crippen molar-refractivity contribution >= 4 is 54.4 Å². The first-order valence-corrected chi connectivity index (χ1v) is 15.4. The van der Waals surface area contributed by atoms with Gasteiger partial charge >= 0.3 is 0 Å². The van der Waals surface area contributed by atoms with Gasteiger partial charge in [0.25, 0.3) is 5.91 Å². The van der Waals surface area contributed by atoms with E-state index in [1.54, 1.807) is 42.3 Å². The fourth-order valence-electron chi connectivity index (χ4n) is 4.37. The van der Waals surface area contributed by atoms with E-state index < -0.39 is 10.0 Å². The Kier molecular flexibility index (Phi) is 7.52. The summed E-state index contributed by atoms with van der Waals surface area (Å²) in [5, 5.41) is 0.984. The van der Waals surface area contributed by atoms with Crippen LogP contribution in [0, 0.1) is 0 Å². The summed E-state index contributed by atoms with van der Waals surface area (Å²) in [5.74, 6) is -0.0878. The van der Waals surface area contributed by atoms with Crippen LogP contribution in [0.1, 0.15) is 15.9 Å². The highest BCUT2D eigenvalue weighted by Crippen LogP contribution is 2.34. The molecular weight excluding hydrogens is 525 g/mol. The molecule has 0 radical (unpaired) electrons. The Hall–Kier alpha value is -2.92. The van der Waals surface area contributed by atoms with Crippen LogP contribution in [0.4, 0.5) is 5.13 Å². The van der Waals surface area contributed by atoms with Crippen molar-refractivity contribution < 1.29 is 13.2 Å². The molecule has 0 spiro atoms.